The number of aromatic nitrogens is 2. The van der Waals surface area contributed by atoms with Gasteiger partial charge in [-0.15, -0.1) is 0 Å². The molecular formula is C17H17F3N4O4. The SMILES string of the molecule is CNC(=O)/C(=N/OC)c1ccccc1Oc1nccc(OC(C)C(F)(F)F)n1. The first-order valence-corrected chi connectivity index (χ1v) is 7.93. The highest BCUT2D eigenvalue weighted by Crippen LogP contribution is 2.27. The Morgan fingerprint density at radius 3 is 2.61 bits per heavy atom. The highest BCUT2D eigenvalue weighted by atomic mass is 19.4. The van der Waals surface area contributed by atoms with Crippen LogP contribution in [0.2, 0.25) is 0 Å². The van der Waals surface area contributed by atoms with Gasteiger partial charge in [-0.2, -0.15) is 18.2 Å². The maximum Gasteiger partial charge on any atom is 0.425 e. The number of ether oxygens (including phenoxy) is 2. The quantitative estimate of drug-likeness (QED) is 0.569. The first-order valence-electron chi connectivity index (χ1n) is 7.93. The molecule has 2 rings (SSSR count). The number of carbonyl (C=O) groups is 1. The van der Waals surface area contributed by atoms with Crippen LogP contribution in [-0.4, -0.2) is 48.0 Å². The van der Waals surface area contributed by atoms with Gasteiger partial charge in [0.1, 0.15) is 12.9 Å². The van der Waals surface area contributed by atoms with Crippen molar-refractivity contribution in [1.29, 1.82) is 0 Å². The Bertz CT molecular complexity index is 858. The van der Waals surface area contributed by atoms with Gasteiger partial charge in [0.2, 0.25) is 5.88 Å². The molecule has 0 aliphatic rings. The summed E-state index contributed by atoms with van der Waals surface area (Å²) >= 11 is 0. The van der Waals surface area contributed by atoms with Crippen molar-refractivity contribution in [3.8, 4) is 17.6 Å². The Hall–Kier alpha value is -3.37. The lowest BCUT2D eigenvalue weighted by Gasteiger charge is -2.17. The third kappa shape index (κ3) is 5.32. The van der Waals surface area contributed by atoms with Gasteiger partial charge < -0.3 is 19.6 Å². The standard InChI is InChI=1S/C17H17F3N4O4/c1-10(17(18,19)20)27-13-8-9-22-16(23-13)28-12-7-5-4-6-11(12)14(24-26-3)15(25)21-2/h4-10H,1-3H3,(H,21,25)/b24-14+. The van der Waals surface area contributed by atoms with E-state index >= 15 is 0 Å². The highest BCUT2D eigenvalue weighted by molar-refractivity contribution is 6.45. The predicted octanol–water partition coefficient (Wildman–Crippen LogP) is 2.70. The molecule has 1 N–H and O–H groups in total. The summed E-state index contributed by atoms with van der Waals surface area (Å²) in [5.41, 5.74) is 0.195. The lowest BCUT2D eigenvalue weighted by molar-refractivity contribution is -0.190. The summed E-state index contributed by atoms with van der Waals surface area (Å²) in [6.45, 7) is 0.856. The van der Waals surface area contributed by atoms with E-state index in [1.54, 1.807) is 18.2 Å². The minimum atomic E-state index is -4.54. The zero-order valence-electron chi connectivity index (χ0n) is 15.1. The molecule has 0 spiro atoms. The van der Waals surface area contributed by atoms with E-state index in [-0.39, 0.29) is 28.9 Å². The first kappa shape index (κ1) is 20.9. The molecular weight excluding hydrogens is 381 g/mol. The second-order valence-corrected chi connectivity index (χ2v) is 5.28. The fraction of sp³-hybridized carbons (Fsp3) is 0.294. The third-order valence-electron chi connectivity index (χ3n) is 3.33. The number of alkyl halides is 3. The number of hydrogen-bond donors (Lipinski definition) is 1. The van der Waals surface area contributed by atoms with Crippen molar-refractivity contribution in [3.05, 3.63) is 42.1 Å². The van der Waals surface area contributed by atoms with Crippen LogP contribution in [0.3, 0.4) is 0 Å². The van der Waals surface area contributed by atoms with Crippen LogP contribution in [0, 0.1) is 0 Å². The van der Waals surface area contributed by atoms with Crippen LogP contribution in [0.1, 0.15) is 12.5 Å². The number of nitrogens with one attached hydrogen (secondary N) is 1. The van der Waals surface area contributed by atoms with Crippen molar-refractivity contribution in [2.75, 3.05) is 14.2 Å². The van der Waals surface area contributed by atoms with E-state index in [2.05, 4.69) is 20.4 Å². The molecule has 2 aromatic rings. The van der Waals surface area contributed by atoms with Gasteiger partial charge in [-0.3, -0.25) is 4.79 Å². The number of halogens is 3. The molecule has 1 aromatic carbocycles. The Balaban J connectivity index is 2.31. The van der Waals surface area contributed by atoms with Crippen LogP contribution in [0.15, 0.2) is 41.7 Å². The maximum absolute atomic E-state index is 12.6. The van der Waals surface area contributed by atoms with E-state index in [1.165, 1.54) is 32.5 Å². The van der Waals surface area contributed by atoms with Crippen molar-refractivity contribution < 1.29 is 32.3 Å². The third-order valence-corrected chi connectivity index (χ3v) is 3.33. The van der Waals surface area contributed by atoms with E-state index in [0.29, 0.717) is 0 Å². The number of carbonyl (C=O) groups excluding carboxylic acids is 1. The Morgan fingerprint density at radius 1 is 1.25 bits per heavy atom. The molecule has 0 saturated carbocycles. The maximum atomic E-state index is 12.6. The highest BCUT2D eigenvalue weighted by Gasteiger charge is 2.38. The van der Waals surface area contributed by atoms with Gasteiger partial charge in [0.05, 0.1) is 5.56 Å². The molecule has 0 aliphatic heterocycles. The summed E-state index contributed by atoms with van der Waals surface area (Å²) < 4.78 is 48.2. The van der Waals surface area contributed by atoms with Crippen LogP contribution in [0.5, 0.6) is 17.6 Å². The molecule has 8 nitrogen and oxygen atoms in total. The molecule has 150 valence electrons. The van der Waals surface area contributed by atoms with Crippen LogP contribution in [0.4, 0.5) is 13.2 Å². The summed E-state index contributed by atoms with van der Waals surface area (Å²) in [5.74, 6) is -0.706. The number of para-hydroxylation sites is 1. The number of oxime groups is 1. The summed E-state index contributed by atoms with van der Waals surface area (Å²) in [6.07, 6.45) is -5.42. The molecule has 0 bridgehead atoms. The molecule has 28 heavy (non-hydrogen) atoms. The predicted molar refractivity (Wildman–Crippen MR) is 92.3 cm³/mol. The van der Waals surface area contributed by atoms with Crippen molar-refractivity contribution in [2.45, 2.75) is 19.2 Å². The number of rotatable bonds is 7. The van der Waals surface area contributed by atoms with Gasteiger partial charge >= 0.3 is 12.2 Å². The molecule has 1 heterocycles. The number of benzene rings is 1. The Labute approximate surface area is 158 Å². The second kappa shape index (κ2) is 9.02. The fourth-order valence-electron chi connectivity index (χ4n) is 1.96. The average molecular weight is 398 g/mol. The van der Waals surface area contributed by atoms with Crippen molar-refractivity contribution in [1.82, 2.24) is 15.3 Å². The largest absolute Gasteiger partial charge is 0.465 e. The van der Waals surface area contributed by atoms with Crippen molar-refractivity contribution in [3.63, 3.8) is 0 Å². The molecule has 1 aromatic heterocycles. The second-order valence-electron chi connectivity index (χ2n) is 5.28. The Morgan fingerprint density at radius 2 is 1.96 bits per heavy atom. The van der Waals surface area contributed by atoms with Gasteiger partial charge in [-0.1, -0.05) is 17.3 Å². The van der Waals surface area contributed by atoms with E-state index in [9.17, 15) is 18.0 Å². The number of amides is 1. The van der Waals surface area contributed by atoms with Crippen LogP contribution >= 0.6 is 0 Å². The van der Waals surface area contributed by atoms with Gasteiger partial charge in [0.25, 0.3) is 5.91 Å². The van der Waals surface area contributed by atoms with Crippen molar-refractivity contribution >= 4 is 11.6 Å². The molecule has 0 fully saturated rings. The van der Waals surface area contributed by atoms with E-state index < -0.39 is 18.2 Å². The van der Waals surface area contributed by atoms with Gasteiger partial charge in [0, 0.05) is 19.3 Å². The van der Waals surface area contributed by atoms with Crippen LogP contribution in [0.25, 0.3) is 0 Å². The Kier molecular flexibility index (Phi) is 6.74. The molecule has 11 heteroatoms. The molecule has 0 radical (unpaired) electrons. The molecule has 1 amide bonds. The summed E-state index contributed by atoms with van der Waals surface area (Å²) in [6, 6.07) is 7.23. The van der Waals surface area contributed by atoms with Crippen molar-refractivity contribution in [2.24, 2.45) is 5.16 Å². The van der Waals surface area contributed by atoms with Crippen LogP contribution in [-0.2, 0) is 9.63 Å². The molecule has 0 aliphatic carbocycles. The number of nitrogens with zero attached hydrogens (tertiary/aromatic N) is 3. The first-order chi connectivity index (χ1) is 13.3. The average Bonchev–Trinajstić information content (AvgIpc) is 2.66. The number of likely N-dealkylation sites (N-methyl/N-ethyl adjacent to an activating group) is 1. The monoisotopic (exact) mass is 398 g/mol. The smallest absolute Gasteiger partial charge is 0.425 e. The van der Waals surface area contributed by atoms with E-state index in [4.69, 9.17) is 14.3 Å². The molecule has 0 saturated heterocycles. The minimum Gasteiger partial charge on any atom is -0.465 e. The zero-order chi connectivity index (χ0) is 20.7. The summed E-state index contributed by atoms with van der Waals surface area (Å²) in [5, 5.41) is 6.11. The van der Waals surface area contributed by atoms with Gasteiger partial charge in [-0.05, 0) is 19.1 Å². The number of hydrogen-bond acceptors (Lipinski definition) is 7. The topological polar surface area (TPSA) is 94.9 Å². The molecule has 1 unspecified atom stereocenters. The van der Waals surface area contributed by atoms with Gasteiger partial charge in [-0.25, -0.2) is 4.98 Å². The lowest BCUT2D eigenvalue weighted by atomic mass is 10.1. The fourth-order valence-corrected chi connectivity index (χ4v) is 1.96. The molecule has 1 atom stereocenters. The summed E-state index contributed by atoms with van der Waals surface area (Å²) in [7, 11) is 2.70. The van der Waals surface area contributed by atoms with E-state index in [0.717, 1.165) is 6.92 Å². The van der Waals surface area contributed by atoms with Crippen LogP contribution < -0.4 is 14.8 Å². The van der Waals surface area contributed by atoms with Gasteiger partial charge in [0.15, 0.2) is 11.8 Å². The van der Waals surface area contributed by atoms with E-state index in [1.807, 2.05) is 0 Å². The minimum absolute atomic E-state index is 0.0706. The lowest BCUT2D eigenvalue weighted by Crippen LogP contribution is -2.31. The normalized spacial score (nSPS) is 12.9. The zero-order valence-corrected chi connectivity index (χ0v) is 15.1. The summed E-state index contributed by atoms with van der Waals surface area (Å²) in [4.78, 5) is 24.4.